The highest BCUT2D eigenvalue weighted by atomic mass is 32.2. The molecule has 2 N–H and O–H groups in total. The molecule has 0 radical (unpaired) electrons. The minimum Gasteiger partial charge on any atom is -0.352 e. The molecule has 0 atom stereocenters. The number of nitrogens with zero attached hydrogens (tertiary/aromatic N) is 1. The molecule has 0 heterocycles. The molecule has 0 saturated heterocycles. The van der Waals surface area contributed by atoms with Crippen molar-refractivity contribution in [3.63, 3.8) is 0 Å². The lowest BCUT2D eigenvalue weighted by Gasteiger charge is -2.22. The summed E-state index contributed by atoms with van der Waals surface area (Å²) in [7, 11) is -3.47. The molecule has 0 aliphatic carbocycles. The summed E-state index contributed by atoms with van der Waals surface area (Å²) in [5.74, 6) is -0.551. The number of amides is 2. The molecule has 178 valence electrons. The topological polar surface area (TPSA) is 95.6 Å². The van der Waals surface area contributed by atoms with Crippen LogP contribution in [-0.4, -0.2) is 39.6 Å². The van der Waals surface area contributed by atoms with E-state index >= 15 is 0 Å². The van der Waals surface area contributed by atoms with E-state index in [-0.39, 0.29) is 24.8 Å². The Bertz CT molecular complexity index is 1200. The van der Waals surface area contributed by atoms with Gasteiger partial charge in [0.05, 0.1) is 23.2 Å². The Balaban J connectivity index is 1.54. The van der Waals surface area contributed by atoms with Crippen LogP contribution in [-0.2, 0) is 21.2 Å². The number of hydrogen-bond donors (Lipinski definition) is 2. The van der Waals surface area contributed by atoms with Gasteiger partial charge in [0.15, 0.2) is 0 Å². The SMILES string of the molecule is CS(=O)(=O)N(CCCC(=O)Nc1ccccc1C(=O)NCCc1ccccc1)c1ccccc1. The summed E-state index contributed by atoms with van der Waals surface area (Å²) in [4.78, 5) is 25.2. The molecule has 34 heavy (non-hydrogen) atoms. The first-order valence-electron chi connectivity index (χ1n) is 11.1. The van der Waals surface area contributed by atoms with Crippen LogP contribution < -0.4 is 14.9 Å². The molecular weight excluding hydrogens is 450 g/mol. The zero-order chi connectivity index (χ0) is 24.4. The van der Waals surface area contributed by atoms with Gasteiger partial charge in [0.1, 0.15) is 0 Å². The molecule has 7 nitrogen and oxygen atoms in total. The first kappa shape index (κ1) is 25.0. The van der Waals surface area contributed by atoms with Crippen LogP contribution in [0.25, 0.3) is 0 Å². The predicted molar refractivity (Wildman–Crippen MR) is 135 cm³/mol. The Kier molecular flexibility index (Phi) is 8.81. The van der Waals surface area contributed by atoms with Crippen LogP contribution >= 0.6 is 0 Å². The summed E-state index contributed by atoms with van der Waals surface area (Å²) >= 11 is 0. The highest BCUT2D eigenvalue weighted by molar-refractivity contribution is 7.92. The van der Waals surface area contributed by atoms with Crippen LogP contribution in [0.3, 0.4) is 0 Å². The zero-order valence-electron chi connectivity index (χ0n) is 19.1. The first-order chi connectivity index (χ1) is 16.3. The second kappa shape index (κ2) is 12.0. The molecule has 2 amide bonds. The van der Waals surface area contributed by atoms with E-state index in [1.54, 1.807) is 48.5 Å². The van der Waals surface area contributed by atoms with Crippen molar-refractivity contribution in [3.8, 4) is 0 Å². The summed E-state index contributed by atoms with van der Waals surface area (Å²) in [5, 5.41) is 5.67. The average molecular weight is 480 g/mol. The molecule has 0 aliphatic heterocycles. The van der Waals surface area contributed by atoms with Crippen molar-refractivity contribution in [1.82, 2.24) is 5.32 Å². The Morgan fingerprint density at radius 3 is 2.15 bits per heavy atom. The fraction of sp³-hybridized carbons (Fsp3) is 0.231. The number of nitrogens with one attached hydrogen (secondary N) is 2. The van der Waals surface area contributed by atoms with Crippen molar-refractivity contribution < 1.29 is 18.0 Å². The minimum absolute atomic E-state index is 0.114. The number of benzene rings is 3. The Hall–Kier alpha value is -3.65. The van der Waals surface area contributed by atoms with Gasteiger partial charge < -0.3 is 10.6 Å². The third-order valence-corrected chi connectivity index (χ3v) is 6.39. The number of carbonyl (C=O) groups is 2. The highest BCUT2D eigenvalue weighted by Crippen LogP contribution is 2.19. The van der Waals surface area contributed by atoms with Gasteiger partial charge in [0, 0.05) is 19.5 Å². The van der Waals surface area contributed by atoms with Crippen molar-refractivity contribution in [2.45, 2.75) is 19.3 Å². The van der Waals surface area contributed by atoms with Crippen molar-refractivity contribution in [2.24, 2.45) is 0 Å². The van der Waals surface area contributed by atoms with Gasteiger partial charge in [0.25, 0.3) is 5.91 Å². The van der Waals surface area contributed by atoms with E-state index in [2.05, 4.69) is 10.6 Å². The van der Waals surface area contributed by atoms with Crippen LogP contribution in [0.15, 0.2) is 84.9 Å². The Morgan fingerprint density at radius 1 is 0.853 bits per heavy atom. The van der Waals surface area contributed by atoms with E-state index < -0.39 is 10.0 Å². The molecular formula is C26H29N3O4S. The molecule has 0 aliphatic rings. The highest BCUT2D eigenvalue weighted by Gasteiger charge is 2.18. The summed E-state index contributed by atoms with van der Waals surface area (Å²) < 4.78 is 25.6. The molecule has 3 rings (SSSR count). The second-order valence-electron chi connectivity index (χ2n) is 7.86. The van der Waals surface area contributed by atoms with E-state index in [0.717, 1.165) is 11.8 Å². The minimum atomic E-state index is -3.47. The van der Waals surface area contributed by atoms with E-state index in [4.69, 9.17) is 0 Å². The summed E-state index contributed by atoms with van der Waals surface area (Å²) in [6, 6.07) is 25.5. The number of carbonyl (C=O) groups excluding carboxylic acids is 2. The van der Waals surface area contributed by atoms with Gasteiger partial charge in [-0.05, 0) is 42.7 Å². The summed E-state index contributed by atoms with van der Waals surface area (Å²) in [6.07, 6.45) is 2.30. The maximum absolute atomic E-state index is 12.7. The number of sulfonamides is 1. The van der Waals surface area contributed by atoms with Gasteiger partial charge in [-0.1, -0.05) is 60.7 Å². The normalized spacial score (nSPS) is 11.0. The van der Waals surface area contributed by atoms with Crippen LogP contribution in [0.2, 0.25) is 0 Å². The molecule has 0 spiro atoms. The van der Waals surface area contributed by atoms with Crippen molar-refractivity contribution in [1.29, 1.82) is 0 Å². The quantitative estimate of drug-likeness (QED) is 0.437. The predicted octanol–water partition coefficient (Wildman–Crippen LogP) is 3.84. The van der Waals surface area contributed by atoms with E-state index in [1.165, 1.54) is 4.31 Å². The van der Waals surface area contributed by atoms with Gasteiger partial charge in [-0.3, -0.25) is 13.9 Å². The molecule has 0 unspecified atom stereocenters. The smallest absolute Gasteiger partial charge is 0.253 e. The molecule has 3 aromatic carbocycles. The largest absolute Gasteiger partial charge is 0.352 e. The van der Waals surface area contributed by atoms with Crippen molar-refractivity contribution in [2.75, 3.05) is 29.0 Å². The van der Waals surface area contributed by atoms with Crippen LogP contribution in [0.4, 0.5) is 11.4 Å². The number of rotatable bonds is 11. The fourth-order valence-electron chi connectivity index (χ4n) is 3.53. The molecule has 8 heteroatoms. The van der Waals surface area contributed by atoms with E-state index in [1.807, 2.05) is 36.4 Å². The lowest BCUT2D eigenvalue weighted by Crippen LogP contribution is -2.31. The summed E-state index contributed by atoms with van der Waals surface area (Å²) in [5.41, 5.74) is 2.49. The van der Waals surface area contributed by atoms with Gasteiger partial charge in [0.2, 0.25) is 15.9 Å². The van der Waals surface area contributed by atoms with E-state index in [0.29, 0.717) is 36.3 Å². The second-order valence-corrected chi connectivity index (χ2v) is 9.77. The molecule has 0 aromatic heterocycles. The maximum Gasteiger partial charge on any atom is 0.253 e. The lowest BCUT2D eigenvalue weighted by atomic mass is 10.1. The Morgan fingerprint density at radius 2 is 1.47 bits per heavy atom. The van der Waals surface area contributed by atoms with Crippen molar-refractivity contribution in [3.05, 3.63) is 96.1 Å². The standard InChI is InChI=1S/C26H29N3O4S/c1-34(32,33)29(22-13-6-3-7-14-22)20-10-17-25(30)28-24-16-9-8-15-23(24)26(31)27-19-18-21-11-4-2-5-12-21/h2-9,11-16H,10,17-20H2,1H3,(H,27,31)(H,28,30). The summed E-state index contributed by atoms with van der Waals surface area (Å²) in [6.45, 7) is 0.657. The molecule has 0 bridgehead atoms. The van der Waals surface area contributed by atoms with Crippen molar-refractivity contribution >= 4 is 33.2 Å². The van der Waals surface area contributed by atoms with Gasteiger partial charge in [-0.25, -0.2) is 8.42 Å². The van der Waals surface area contributed by atoms with Crippen LogP contribution in [0.5, 0.6) is 0 Å². The van der Waals surface area contributed by atoms with Gasteiger partial charge >= 0.3 is 0 Å². The monoisotopic (exact) mass is 479 g/mol. The third-order valence-electron chi connectivity index (χ3n) is 5.20. The lowest BCUT2D eigenvalue weighted by molar-refractivity contribution is -0.116. The average Bonchev–Trinajstić information content (AvgIpc) is 2.82. The van der Waals surface area contributed by atoms with E-state index in [9.17, 15) is 18.0 Å². The number of hydrogen-bond acceptors (Lipinski definition) is 4. The number of para-hydroxylation sites is 2. The molecule has 3 aromatic rings. The van der Waals surface area contributed by atoms with Gasteiger partial charge in [-0.2, -0.15) is 0 Å². The number of anilines is 2. The van der Waals surface area contributed by atoms with Crippen LogP contribution in [0, 0.1) is 0 Å². The zero-order valence-corrected chi connectivity index (χ0v) is 19.9. The third kappa shape index (κ3) is 7.45. The molecule has 0 fully saturated rings. The first-order valence-corrected chi connectivity index (χ1v) is 12.9. The Labute approximate surface area is 200 Å². The fourth-order valence-corrected chi connectivity index (χ4v) is 4.49. The van der Waals surface area contributed by atoms with Crippen LogP contribution in [0.1, 0.15) is 28.8 Å². The molecule has 0 saturated carbocycles. The maximum atomic E-state index is 12.7. The van der Waals surface area contributed by atoms with Gasteiger partial charge in [-0.15, -0.1) is 0 Å².